The monoisotopic (exact) mass is 411 g/mol. The van der Waals surface area contributed by atoms with Gasteiger partial charge in [0, 0.05) is 18.7 Å². The van der Waals surface area contributed by atoms with E-state index in [-0.39, 0.29) is 11.9 Å². The van der Waals surface area contributed by atoms with Crippen LogP contribution in [-0.2, 0) is 0 Å². The highest BCUT2D eigenvalue weighted by Crippen LogP contribution is 2.27. The molecule has 2 aromatic rings. The number of aromatic nitrogens is 1. The molecule has 6 nitrogen and oxygen atoms in total. The minimum absolute atomic E-state index is 0.138. The summed E-state index contributed by atoms with van der Waals surface area (Å²) in [5, 5.41) is 6.74. The van der Waals surface area contributed by atoms with E-state index >= 15 is 0 Å². The molecule has 1 aromatic heterocycles. The molecule has 1 unspecified atom stereocenters. The summed E-state index contributed by atoms with van der Waals surface area (Å²) in [6.45, 7) is 12.4. The topological polar surface area (TPSA) is 67.6 Å². The first-order chi connectivity index (χ1) is 14.3. The number of benzene rings is 1. The molecule has 162 valence electrons. The summed E-state index contributed by atoms with van der Waals surface area (Å²) in [7, 11) is 0. The first-order valence-corrected chi connectivity index (χ1v) is 10.8. The van der Waals surface area contributed by atoms with Gasteiger partial charge in [0.25, 0.3) is 0 Å². The van der Waals surface area contributed by atoms with Crippen LogP contribution in [0.1, 0.15) is 50.4 Å². The second-order valence-corrected chi connectivity index (χ2v) is 8.57. The van der Waals surface area contributed by atoms with E-state index in [1.807, 2.05) is 30.9 Å². The number of carbonyl (C=O) groups excluding carboxylic acids is 1. The zero-order valence-corrected chi connectivity index (χ0v) is 18.7. The standard InChI is InChI=1S/C24H33N3O3/c1-16(2)10-12-29-22-8-6-7-20(14-22)13-21-9-11-27(15-17(21)3)24(28)25-23-18(4)19(5)26-30-23/h6-8,13-14,16-17H,9-12,15H2,1-5H3,(H,25,28). The number of ether oxygens (including phenoxy) is 1. The number of nitrogens with one attached hydrogen (secondary N) is 1. The average Bonchev–Trinajstić information content (AvgIpc) is 3.01. The molecule has 2 amide bonds. The normalized spacial score (nSPS) is 18.1. The predicted molar refractivity (Wildman–Crippen MR) is 120 cm³/mol. The SMILES string of the molecule is Cc1noc(NC(=O)N2CCC(=Cc3cccc(OCCC(C)C)c3)C(C)C2)c1C. The van der Waals surface area contributed by atoms with Gasteiger partial charge in [0.05, 0.1) is 12.3 Å². The van der Waals surface area contributed by atoms with Crippen LogP contribution < -0.4 is 10.1 Å². The molecule has 1 aromatic carbocycles. The van der Waals surface area contributed by atoms with E-state index in [2.05, 4.69) is 49.5 Å². The molecule has 1 aliphatic rings. The van der Waals surface area contributed by atoms with E-state index in [0.29, 0.717) is 24.9 Å². The average molecular weight is 412 g/mol. The quantitative estimate of drug-likeness (QED) is 0.665. The maximum absolute atomic E-state index is 12.6. The number of likely N-dealkylation sites (tertiary alicyclic amines) is 1. The molecule has 6 heteroatoms. The van der Waals surface area contributed by atoms with Gasteiger partial charge in [0.15, 0.2) is 0 Å². The molecule has 30 heavy (non-hydrogen) atoms. The third-order valence-electron chi connectivity index (χ3n) is 5.64. The number of urea groups is 1. The zero-order chi connectivity index (χ0) is 21.7. The molecule has 1 aliphatic heterocycles. The number of amides is 2. The second kappa shape index (κ2) is 9.83. The lowest BCUT2D eigenvalue weighted by atomic mass is 9.91. The van der Waals surface area contributed by atoms with Crippen molar-refractivity contribution in [1.29, 1.82) is 0 Å². The summed E-state index contributed by atoms with van der Waals surface area (Å²) in [4.78, 5) is 14.5. The number of hydrogen-bond donors (Lipinski definition) is 1. The number of nitrogens with zero attached hydrogens (tertiary/aromatic N) is 2. The van der Waals surface area contributed by atoms with Gasteiger partial charge in [-0.15, -0.1) is 0 Å². The van der Waals surface area contributed by atoms with Crippen LogP contribution in [0.3, 0.4) is 0 Å². The van der Waals surface area contributed by atoms with E-state index in [4.69, 9.17) is 9.26 Å². The van der Waals surface area contributed by atoms with Gasteiger partial charge in [-0.25, -0.2) is 4.79 Å². The largest absolute Gasteiger partial charge is 0.494 e. The van der Waals surface area contributed by atoms with Gasteiger partial charge >= 0.3 is 6.03 Å². The number of hydrogen-bond acceptors (Lipinski definition) is 4. The molecule has 3 rings (SSSR count). The Morgan fingerprint density at radius 2 is 2.20 bits per heavy atom. The van der Waals surface area contributed by atoms with Gasteiger partial charge in [0.2, 0.25) is 5.88 Å². The van der Waals surface area contributed by atoms with Crippen molar-refractivity contribution >= 4 is 18.0 Å². The number of anilines is 1. The Kier molecular flexibility index (Phi) is 7.19. The van der Waals surface area contributed by atoms with E-state index in [1.165, 1.54) is 5.57 Å². The number of aryl methyl sites for hydroxylation is 1. The van der Waals surface area contributed by atoms with Crippen LogP contribution in [0.2, 0.25) is 0 Å². The third kappa shape index (κ3) is 5.65. The summed E-state index contributed by atoms with van der Waals surface area (Å²) in [5.74, 6) is 2.26. The Balaban J connectivity index is 1.59. The molecule has 0 radical (unpaired) electrons. The van der Waals surface area contributed by atoms with Crippen molar-refractivity contribution in [2.45, 2.75) is 47.5 Å². The van der Waals surface area contributed by atoms with Crippen molar-refractivity contribution in [3.8, 4) is 5.75 Å². The van der Waals surface area contributed by atoms with Gasteiger partial charge in [-0.3, -0.25) is 5.32 Å². The highest BCUT2D eigenvalue weighted by atomic mass is 16.5. The minimum atomic E-state index is -0.138. The summed E-state index contributed by atoms with van der Waals surface area (Å²) in [6, 6.07) is 8.09. The Hall–Kier alpha value is -2.76. The van der Waals surface area contributed by atoms with E-state index in [0.717, 1.165) is 42.0 Å². The third-order valence-corrected chi connectivity index (χ3v) is 5.64. The van der Waals surface area contributed by atoms with Crippen LogP contribution in [0.15, 0.2) is 34.4 Å². The van der Waals surface area contributed by atoms with Crippen molar-refractivity contribution in [1.82, 2.24) is 10.1 Å². The minimum Gasteiger partial charge on any atom is -0.494 e. The highest BCUT2D eigenvalue weighted by Gasteiger charge is 2.25. The van der Waals surface area contributed by atoms with Gasteiger partial charge < -0.3 is 14.2 Å². The summed E-state index contributed by atoms with van der Waals surface area (Å²) >= 11 is 0. The lowest BCUT2D eigenvalue weighted by Crippen LogP contribution is -2.42. The van der Waals surface area contributed by atoms with Crippen molar-refractivity contribution < 1.29 is 14.1 Å². The summed E-state index contributed by atoms with van der Waals surface area (Å²) < 4.78 is 11.1. The molecule has 1 saturated heterocycles. The zero-order valence-electron chi connectivity index (χ0n) is 18.7. The molecule has 0 saturated carbocycles. The fourth-order valence-electron chi connectivity index (χ4n) is 3.48. The predicted octanol–water partition coefficient (Wildman–Crippen LogP) is 5.67. The van der Waals surface area contributed by atoms with Gasteiger partial charge in [0.1, 0.15) is 5.75 Å². The molecule has 1 N–H and O–H groups in total. The van der Waals surface area contributed by atoms with Crippen LogP contribution in [-0.4, -0.2) is 35.8 Å². The Morgan fingerprint density at radius 3 is 2.87 bits per heavy atom. The first kappa shape index (κ1) is 21.9. The maximum atomic E-state index is 12.6. The van der Waals surface area contributed by atoms with Gasteiger partial charge in [-0.1, -0.05) is 49.7 Å². The lowest BCUT2D eigenvalue weighted by Gasteiger charge is -2.33. The smallest absolute Gasteiger partial charge is 0.324 e. The molecule has 1 fully saturated rings. The van der Waals surface area contributed by atoms with Crippen molar-refractivity contribution in [2.24, 2.45) is 11.8 Å². The van der Waals surface area contributed by atoms with Crippen LogP contribution in [0, 0.1) is 25.7 Å². The first-order valence-electron chi connectivity index (χ1n) is 10.8. The van der Waals surface area contributed by atoms with Crippen molar-refractivity contribution in [3.05, 3.63) is 46.7 Å². The van der Waals surface area contributed by atoms with Crippen LogP contribution in [0.4, 0.5) is 10.7 Å². The summed E-state index contributed by atoms with van der Waals surface area (Å²) in [6.07, 6.45) is 4.13. The molecule has 0 spiro atoms. The number of rotatable bonds is 6. The van der Waals surface area contributed by atoms with Crippen LogP contribution in [0.5, 0.6) is 5.75 Å². The second-order valence-electron chi connectivity index (χ2n) is 8.57. The Bertz CT molecular complexity index is 901. The summed E-state index contributed by atoms with van der Waals surface area (Å²) in [5.41, 5.74) is 4.15. The Morgan fingerprint density at radius 1 is 1.40 bits per heavy atom. The fourth-order valence-corrected chi connectivity index (χ4v) is 3.48. The van der Waals surface area contributed by atoms with Crippen molar-refractivity contribution in [2.75, 3.05) is 25.0 Å². The fraction of sp³-hybridized carbons (Fsp3) is 0.500. The van der Waals surface area contributed by atoms with Crippen molar-refractivity contribution in [3.63, 3.8) is 0 Å². The van der Waals surface area contributed by atoms with E-state index in [9.17, 15) is 4.79 Å². The Labute approximate surface area is 179 Å². The lowest BCUT2D eigenvalue weighted by molar-refractivity contribution is 0.197. The van der Waals surface area contributed by atoms with Gasteiger partial charge in [-0.2, -0.15) is 0 Å². The van der Waals surface area contributed by atoms with E-state index in [1.54, 1.807) is 0 Å². The molecular formula is C24H33N3O3. The van der Waals surface area contributed by atoms with Crippen LogP contribution >= 0.6 is 0 Å². The number of carbonyl (C=O) groups is 1. The molecule has 2 heterocycles. The molecule has 0 aliphatic carbocycles. The van der Waals surface area contributed by atoms with Gasteiger partial charge in [-0.05, 0) is 56.2 Å². The molecule has 1 atom stereocenters. The molecular weight excluding hydrogens is 378 g/mol. The maximum Gasteiger partial charge on any atom is 0.324 e. The molecule has 0 bridgehead atoms. The van der Waals surface area contributed by atoms with Crippen LogP contribution in [0.25, 0.3) is 6.08 Å². The van der Waals surface area contributed by atoms with E-state index < -0.39 is 0 Å². The highest BCUT2D eigenvalue weighted by molar-refractivity contribution is 5.88. The number of piperidine rings is 1.